The molecule has 1 fully saturated rings. The number of aromatic nitrogens is 2. The third kappa shape index (κ3) is 5.50. The number of nitrogens with zero attached hydrogens (tertiary/aromatic N) is 4. The van der Waals surface area contributed by atoms with E-state index in [4.69, 9.17) is 28.9 Å². The van der Waals surface area contributed by atoms with Crippen molar-refractivity contribution in [2.24, 2.45) is 0 Å². The van der Waals surface area contributed by atoms with Gasteiger partial charge in [-0.05, 0) is 90.5 Å². The van der Waals surface area contributed by atoms with E-state index in [1.165, 1.54) is 17.7 Å². The topological polar surface area (TPSA) is 115 Å². The Balaban J connectivity index is 0.000000393. The van der Waals surface area contributed by atoms with Gasteiger partial charge in [0.05, 0.1) is 0 Å². The van der Waals surface area contributed by atoms with Gasteiger partial charge in [0.25, 0.3) is 0 Å². The van der Waals surface area contributed by atoms with E-state index in [0.29, 0.717) is 17.5 Å². The van der Waals surface area contributed by atoms with E-state index in [1.807, 2.05) is 18.2 Å². The molecule has 1 aromatic heterocycles. The molecule has 1 saturated heterocycles. The molecule has 2 aromatic carbocycles. The fourth-order valence-corrected chi connectivity index (χ4v) is 4.85. The summed E-state index contributed by atoms with van der Waals surface area (Å²) in [6.07, 6.45) is 2.72. The summed E-state index contributed by atoms with van der Waals surface area (Å²) in [5.74, 6) is 0.443. The van der Waals surface area contributed by atoms with Crippen molar-refractivity contribution in [2.75, 3.05) is 28.6 Å². The summed E-state index contributed by atoms with van der Waals surface area (Å²) >= 11 is 9.24. The summed E-state index contributed by atoms with van der Waals surface area (Å²) in [6.45, 7) is 1.48. The van der Waals surface area contributed by atoms with Gasteiger partial charge in [-0.25, -0.2) is 0 Å². The van der Waals surface area contributed by atoms with Crippen LogP contribution in [0, 0.1) is 0 Å². The molecule has 11 heteroatoms. The summed E-state index contributed by atoms with van der Waals surface area (Å²) in [4.78, 5) is 17.2. The third-order valence-electron chi connectivity index (χ3n) is 5.74. The summed E-state index contributed by atoms with van der Waals surface area (Å²) < 4.78 is 22.0. The predicted molar refractivity (Wildman–Crippen MR) is 137 cm³/mol. The number of aryl methyl sites for hydroxylation is 1. The monoisotopic (exact) mass is 522 g/mol. The molecule has 2 atom stereocenters. The summed E-state index contributed by atoms with van der Waals surface area (Å²) in [5, 5.41) is 8.03. The Labute approximate surface area is 212 Å². The maximum absolute atomic E-state index is 13.0. The number of halogens is 2. The van der Waals surface area contributed by atoms with Crippen LogP contribution in [0.25, 0.3) is 0 Å². The highest BCUT2D eigenvalue weighted by molar-refractivity contribution is 7.79. The number of carbonyl (C=O) groups excluding carboxylic acids is 1. The first kappa shape index (κ1) is 24.4. The van der Waals surface area contributed by atoms with E-state index in [0.717, 1.165) is 42.2 Å². The minimum Gasteiger partial charge on any atom is -0.768 e. The molecule has 1 amide bonds. The van der Waals surface area contributed by atoms with Gasteiger partial charge in [0, 0.05) is 37.2 Å². The second-order valence-corrected chi connectivity index (χ2v) is 9.64. The van der Waals surface area contributed by atoms with Gasteiger partial charge in [-0.3, -0.25) is 9.00 Å². The van der Waals surface area contributed by atoms with Gasteiger partial charge in [-0.1, -0.05) is 23.2 Å². The van der Waals surface area contributed by atoms with Gasteiger partial charge in [0.1, 0.15) is 11.9 Å². The van der Waals surface area contributed by atoms with E-state index < -0.39 is 11.1 Å². The standard InChI is InChI=1S/C19H19ClN2O3S.C4H4ClN3.2H2/c20-14-3-8-17-13(12-14)2-1-10-22(17)18-9-11-21(19(18)23)15-4-6-16(7-5-15)26(24)25;5-3-1-2-4(6)8-7-3;;/h3-8,12,18H,1-2,9-11H2,(H,24,25);1-2H,(H2,6,8);2*1H/p-1/t18-;;;/m1.../s1. The van der Waals surface area contributed by atoms with E-state index in [1.54, 1.807) is 29.2 Å². The predicted octanol–water partition coefficient (Wildman–Crippen LogP) is 4.34. The van der Waals surface area contributed by atoms with E-state index in [-0.39, 0.29) is 19.7 Å². The lowest BCUT2D eigenvalue weighted by molar-refractivity contribution is -0.118. The largest absolute Gasteiger partial charge is 0.768 e. The Morgan fingerprint density at radius 2 is 1.82 bits per heavy atom. The summed E-state index contributed by atoms with van der Waals surface area (Å²) in [6, 6.07) is 15.3. The number of hydrogen-bond donors (Lipinski definition) is 1. The number of rotatable bonds is 3. The number of benzene rings is 2. The third-order valence-corrected chi connectivity index (χ3v) is 6.84. The second-order valence-electron chi connectivity index (χ2n) is 7.87. The highest BCUT2D eigenvalue weighted by Crippen LogP contribution is 2.34. The molecule has 5 rings (SSSR count). The highest BCUT2D eigenvalue weighted by atomic mass is 35.5. The van der Waals surface area contributed by atoms with Crippen molar-refractivity contribution in [2.45, 2.75) is 30.2 Å². The molecule has 2 aliphatic heterocycles. The number of hydrogen-bond acceptors (Lipinski definition) is 7. The van der Waals surface area contributed by atoms with Gasteiger partial charge in [-0.15, -0.1) is 10.2 Å². The molecular formula is C23H26Cl2N5O3S-. The Hall–Kier alpha value is -2.72. The molecule has 0 radical (unpaired) electrons. The zero-order valence-corrected chi connectivity index (χ0v) is 20.4. The normalized spacial score (nSPS) is 18.2. The number of carbonyl (C=O) groups is 1. The van der Waals surface area contributed by atoms with Crippen molar-refractivity contribution in [1.82, 2.24) is 10.2 Å². The van der Waals surface area contributed by atoms with Gasteiger partial charge >= 0.3 is 0 Å². The van der Waals surface area contributed by atoms with Crippen molar-refractivity contribution in [3.63, 3.8) is 0 Å². The molecule has 2 aliphatic rings. The number of amides is 1. The van der Waals surface area contributed by atoms with Crippen molar-refractivity contribution in [3.8, 4) is 0 Å². The van der Waals surface area contributed by atoms with Gasteiger partial charge < -0.3 is 20.1 Å². The molecule has 8 nitrogen and oxygen atoms in total. The number of fused-ring (bicyclic) bond motifs is 1. The molecule has 3 aromatic rings. The minimum atomic E-state index is -2.26. The molecule has 0 bridgehead atoms. The molecule has 34 heavy (non-hydrogen) atoms. The molecule has 0 aliphatic carbocycles. The van der Waals surface area contributed by atoms with Gasteiger partial charge in [0.15, 0.2) is 5.15 Å². The quantitative estimate of drug-likeness (QED) is 0.508. The van der Waals surface area contributed by atoms with Crippen LogP contribution in [0.4, 0.5) is 17.2 Å². The van der Waals surface area contributed by atoms with Crippen LogP contribution in [0.1, 0.15) is 21.3 Å². The molecule has 182 valence electrons. The van der Waals surface area contributed by atoms with Crippen LogP contribution in [-0.4, -0.2) is 44.0 Å². The first-order valence-corrected chi connectivity index (χ1v) is 12.5. The zero-order chi connectivity index (χ0) is 24.2. The van der Waals surface area contributed by atoms with Crippen LogP contribution in [0.15, 0.2) is 59.5 Å². The van der Waals surface area contributed by atoms with Crippen LogP contribution >= 0.6 is 23.2 Å². The van der Waals surface area contributed by atoms with Crippen molar-refractivity contribution in [1.29, 1.82) is 0 Å². The van der Waals surface area contributed by atoms with Crippen LogP contribution in [0.3, 0.4) is 0 Å². The summed E-state index contributed by atoms with van der Waals surface area (Å²) in [5.41, 5.74) is 8.22. The smallest absolute Gasteiger partial charge is 0.249 e. The van der Waals surface area contributed by atoms with E-state index in [9.17, 15) is 13.6 Å². The Kier molecular flexibility index (Phi) is 7.67. The fraction of sp³-hybridized carbons (Fsp3) is 0.261. The van der Waals surface area contributed by atoms with Crippen LogP contribution in [0.2, 0.25) is 10.2 Å². The van der Waals surface area contributed by atoms with Crippen LogP contribution in [-0.2, 0) is 22.3 Å². The maximum atomic E-state index is 13.0. The van der Waals surface area contributed by atoms with Gasteiger partial charge in [-0.2, -0.15) is 0 Å². The molecule has 1 unspecified atom stereocenters. The molecule has 2 N–H and O–H groups in total. The SMILES string of the molecule is Nc1ccc(Cl)nn1.O=C1[C@H](N2CCCc3cc(Cl)ccc32)CCN1c1ccc(S(=O)[O-])cc1.[HH].[HH]. The van der Waals surface area contributed by atoms with Gasteiger partial charge in [0.2, 0.25) is 5.91 Å². The van der Waals surface area contributed by atoms with Crippen LogP contribution in [0.5, 0.6) is 0 Å². The zero-order valence-electron chi connectivity index (χ0n) is 18.1. The van der Waals surface area contributed by atoms with Crippen LogP contribution < -0.4 is 15.5 Å². The molecular weight excluding hydrogens is 497 g/mol. The van der Waals surface area contributed by atoms with Crippen molar-refractivity contribution >= 4 is 57.4 Å². The Bertz CT molecular complexity index is 1180. The second kappa shape index (κ2) is 10.7. The molecule has 3 heterocycles. The van der Waals surface area contributed by atoms with Crippen molar-refractivity contribution in [3.05, 3.63) is 70.3 Å². The Morgan fingerprint density at radius 3 is 2.47 bits per heavy atom. The number of nitrogens with two attached hydrogens (primary N) is 1. The average Bonchev–Trinajstić information content (AvgIpc) is 3.22. The average molecular weight is 523 g/mol. The maximum Gasteiger partial charge on any atom is 0.249 e. The molecule has 0 saturated carbocycles. The first-order valence-electron chi connectivity index (χ1n) is 10.6. The van der Waals surface area contributed by atoms with Crippen molar-refractivity contribution < 1.29 is 16.4 Å². The highest BCUT2D eigenvalue weighted by Gasteiger charge is 2.38. The lowest BCUT2D eigenvalue weighted by Gasteiger charge is -2.35. The minimum absolute atomic E-state index is 0. The first-order chi connectivity index (χ1) is 16.3. The fourth-order valence-electron chi connectivity index (χ4n) is 4.19. The number of anilines is 3. The Morgan fingerprint density at radius 1 is 1.06 bits per heavy atom. The lowest BCUT2D eigenvalue weighted by atomic mass is 9.99. The lowest BCUT2D eigenvalue weighted by Crippen LogP contribution is -2.44. The number of nitrogen functional groups attached to an aromatic ring is 1. The summed E-state index contributed by atoms with van der Waals surface area (Å²) in [7, 11) is 0. The van der Waals surface area contributed by atoms with E-state index in [2.05, 4.69) is 15.1 Å². The van der Waals surface area contributed by atoms with E-state index >= 15 is 0 Å². The molecule has 0 spiro atoms.